The molecule has 7 rings (SSSR count). The molecule has 0 fully saturated rings. The summed E-state index contributed by atoms with van der Waals surface area (Å²) >= 11 is 0. The van der Waals surface area contributed by atoms with Gasteiger partial charge in [0, 0.05) is 41.0 Å². The van der Waals surface area contributed by atoms with Crippen molar-refractivity contribution in [1.29, 1.82) is 0 Å². The molecule has 0 aliphatic carbocycles. The van der Waals surface area contributed by atoms with Crippen LogP contribution in [0.4, 0.5) is 10.1 Å². The summed E-state index contributed by atoms with van der Waals surface area (Å²) < 4.78 is 24.0. The van der Waals surface area contributed by atoms with E-state index in [1.54, 1.807) is 4.68 Å². The van der Waals surface area contributed by atoms with E-state index in [1.165, 1.54) is 18.3 Å². The van der Waals surface area contributed by atoms with Crippen LogP contribution in [0.5, 0.6) is 11.5 Å². The Morgan fingerprint density at radius 2 is 1.67 bits per heavy atom. The van der Waals surface area contributed by atoms with E-state index in [0.29, 0.717) is 28.7 Å². The molecule has 3 aromatic heterocycles. The summed E-state index contributed by atoms with van der Waals surface area (Å²) in [6.07, 6.45) is 5.22. The normalized spacial score (nSPS) is 10.9. The number of hydrogen-bond donors (Lipinski definition) is 0. The van der Waals surface area contributed by atoms with Gasteiger partial charge in [-0.1, -0.05) is 47.0 Å². The Morgan fingerprint density at radius 1 is 0.884 bits per heavy atom. The Hall–Kier alpha value is -5.05. The summed E-state index contributed by atoms with van der Waals surface area (Å²) in [6, 6.07) is 30.6. The van der Waals surface area contributed by atoms with Gasteiger partial charge >= 0.3 is 21.1 Å². The van der Waals surface area contributed by atoms with Crippen molar-refractivity contribution in [3.63, 3.8) is 0 Å². The average Bonchev–Trinajstić information content (AvgIpc) is 3.60. The molecule has 0 spiro atoms. The predicted molar refractivity (Wildman–Crippen MR) is 161 cm³/mol. The Morgan fingerprint density at radius 3 is 2.47 bits per heavy atom. The maximum Gasteiger partial charge on any atom is 2.00 e. The van der Waals surface area contributed by atoms with E-state index in [9.17, 15) is 4.39 Å². The predicted octanol–water partition coefficient (Wildman–Crippen LogP) is 8.73. The Bertz CT molecular complexity index is 2170. The van der Waals surface area contributed by atoms with Gasteiger partial charge in [0.05, 0.1) is 12.8 Å². The molecule has 0 radical (unpaired) electrons. The zero-order chi connectivity index (χ0) is 28.8. The second kappa shape index (κ2) is 11.3. The van der Waals surface area contributed by atoms with Gasteiger partial charge in [-0.3, -0.25) is 4.68 Å². The number of pyridine rings is 1. The molecular formula is C35H22FN5OPt. The van der Waals surface area contributed by atoms with Crippen LogP contribution in [0.15, 0.2) is 97.5 Å². The van der Waals surface area contributed by atoms with Crippen molar-refractivity contribution in [1.82, 2.24) is 19.3 Å². The second-order valence-corrected chi connectivity index (χ2v) is 10.0. The smallest absolute Gasteiger partial charge is 0.509 e. The minimum atomic E-state index is -0.364. The van der Waals surface area contributed by atoms with Gasteiger partial charge in [0.25, 0.3) is 0 Å². The molecule has 3 heterocycles. The minimum Gasteiger partial charge on any atom is -0.509 e. The summed E-state index contributed by atoms with van der Waals surface area (Å²) in [5.41, 5.74) is 7.04. The number of benzene rings is 4. The first kappa shape index (κ1) is 28.1. The molecule has 0 N–H and O–H groups in total. The monoisotopic (exact) mass is 742 g/mol. The molecule has 43 heavy (non-hydrogen) atoms. The Labute approximate surface area is 262 Å². The molecule has 0 amide bonds. The summed E-state index contributed by atoms with van der Waals surface area (Å²) in [5.74, 6) is 1.09. The number of halogens is 1. The minimum absolute atomic E-state index is 0. The third kappa shape index (κ3) is 5.11. The summed E-state index contributed by atoms with van der Waals surface area (Å²) in [6.45, 7) is 11.3. The number of aryl methyl sites for hydroxylation is 2. The standard InChI is InChI=1S/C35H22FN5O.Pt/c1-22-15-26(37-3)16-23(2)35(22)24-20-39-40(21-24)27-7-6-8-28(18-27)42-29-11-12-31-30-9-4-5-10-32(30)41(33(31)19-29)34-17-25(36)13-14-38-34;/h4-17,20-21H,1-2H3;/q-2;+2. The Balaban J connectivity index is 0.00000329. The zero-order valence-corrected chi connectivity index (χ0v) is 25.3. The van der Waals surface area contributed by atoms with Gasteiger partial charge in [-0.2, -0.15) is 17.2 Å². The first-order chi connectivity index (χ1) is 20.5. The van der Waals surface area contributed by atoms with E-state index in [0.717, 1.165) is 44.1 Å². The SMILES string of the molecule is [C-]#[N+]c1cc(C)c(-c2cnn(-c3[c-]c(Oc4[c-]c5c(cc4)c4ccccc4n5-c4cc(F)ccn4)ccc3)c2)c(C)c1.[Pt+2]. The molecule has 4 aromatic carbocycles. The number of fused-ring (bicyclic) bond motifs is 3. The molecule has 6 nitrogen and oxygen atoms in total. The fourth-order valence-corrected chi connectivity index (χ4v) is 5.48. The number of aromatic nitrogens is 4. The number of rotatable bonds is 5. The molecule has 0 aliphatic rings. The van der Waals surface area contributed by atoms with Crippen molar-refractivity contribution < 1.29 is 30.2 Å². The molecule has 0 saturated heterocycles. The van der Waals surface area contributed by atoms with Crippen LogP contribution in [-0.2, 0) is 21.1 Å². The first-order valence-corrected chi connectivity index (χ1v) is 13.3. The summed E-state index contributed by atoms with van der Waals surface area (Å²) in [5, 5.41) is 6.55. The molecule has 0 aliphatic heterocycles. The van der Waals surface area contributed by atoms with Crippen LogP contribution in [0.2, 0.25) is 0 Å². The van der Waals surface area contributed by atoms with Crippen LogP contribution < -0.4 is 4.74 Å². The quantitative estimate of drug-likeness (QED) is 0.166. The van der Waals surface area contributed by atoms with Crippen molar-refractivity contribution >= 4 is 27.5 Å². The number of nitrogens with zero attached hydrogens (tertiary/aromatic N) is 5. The maximum absolute atomic E-state index is 14.2. The van der Waals surface area contributed by atoms with Gasteiger partial charge in [-0.25, -0.2) is 14.2 Å². The van der Waals surface area contributed by atoms with Crippen LogP contribution in [-0.4, -0.2) is 19.3 Å². The first-order valence-electron chi connectivity index (χ1n) is 13.3. The average molecular weight is 743 g/mol. The summed E-state index contributed by atoms with van der Waals surface area (Å²) in [7, 11) is 0. The van der Waals surface area contributed by atoms with Crippen molar-refractivity contribution in [2.75, 3.05) is 0 Å². The van der Waals surface area contributed by atoms with E-state index in [2.05, 4.69) is 27.1 Å². The van der Waals surface area contributed by atoms with Crippen molar-refractivity contribution in [2.24, 2.45) is 0 Å². The molecular weight excluding hydrogens is 720 g/mol. The van der Waals surface area contributed by atoms with E-state index in [1.807, 2.05) is 97.5 Å². The van der Waals surface area contributed by atoms with Gasteiger partial charge in [0.1, 0.15) is 11.6 Å². The molecule has 0 unspecified atom stereocenters. The van der Waals surface area contributed by atoms with E-state index < -0.39 is 0 Å². The van der Waals surface area contributed by atoms with Gasteiger partial charge in [0.15, 0.2) is 5.69 Å². The van der Waals surface area contributed by atoms with Crippen molar-refractivity contribution in [2.45, 2.75) is 13.8 Å². The Kier molecular flexibility index (Phi) is 7.39. The van der Waals surface area contributed by atoms with Crippen LogP contribution >= 0.6 is 0 Å². The van der Waals surface area contributed by atoms with Crippen LogP contribution in [0, 0.1) is 38.4 Å². The van der Waals surface area contributed by atoms with Gasteiger partial charge < -0.3 is 9.30 Å². The topological polar surface area (TPSA) is 49.2 Å². The van der Waals surface area contributed by atoms with Crippen LogP contribution in [0.3, 0.4) is 0 Å². The third-order valence-electron chi connectivity index (χ3n) is 7.23. The zero-order valence-electron chi connectivity index (χ0n) is 23.1. The van der Waals surface area contributed by atoms with Gasteiger partial charge in [-0.15, -0.1) is 35.7 Å². The molecule has 7 aromatic rings. The van der Waals surface area contributed by atoms with Crippen LogP contribution in [0.1, 0.15) is 11.1 Å². The third-order valence-corrected chi connectivity index (χ3v) is 7.23. The van der Waals surface area contributed by atoms with E-state index in [4.69, 9.17) is 11.3 Å². The number of hydrogen-bond acceptors (Lipinski definition) is 3. The second-order valence-electron chi connectivity index (χ2n) is 10.0. The van der Waals surface area contributed by atoms with Gasteiger partial charge in [-0.05, 0) is 42.6 Å². The molecule has 0 atom stereocenters. The number of para-hydroxylation sites is 1. The fourth-order valence-electron chi connectivity index (χ4n) is 5.48. The molecule has 0 bridgehead atoms. The molecule has 8 heteroatoms. The molecule has 0 saturated carbocycles. The molecule has 210 valence electrons. The fraction of sp³-hybridized carbons (Fsp3) is 0.0571. The van der Waals surface area contributed by atoms with Gasteiger partial charge in [0.2, 0.25) is 0 Å². The summed E-state index contributed by atoms with van der Waals surface area (Å²) in [4.78, 5) is 7.98. The largest absolute Gasteiger partial charge is 2.00 e. The van der Waals surface area contributed by atoms with Crippen molar-refractivity contribution in [3.05, 3.63) is 138 Å². The van der Waals surface area contributed by atoms with E-state index >= 15 is 0 Å². The van der Waals surface area contributed by atoms with E-state index in [-0.39, 0.29) is 26.9 Å². The van der Waals surface area contributed by atoms with Crippen molar-refractivity contribution in [3.8, 4) is 34.1 Å². The number of ether oxygens (including phenoxy) is 1. The van der Waals surface area contributed by atoms with Crippen LogP contribution in [0.25, 0.3) is 49.3 Å². The maximum atomic E-state index is 14.2.